The molecule has 1 aromatic heterocycles. The van der Waals surface area contributed by atoms with Gasteiger partial charge in [-0.2, -0.15) is 5.10 Å². The van der Waals surface area contributed by atoms with E-state index in [1.165, 1.54) is 0 Å². The molecule has 0 aliphatic rings. The van der Waals surface area contributed by atoms with Crippen molar-refractivity contribution in [1.29, 1.82) is 0 Å². The summed E-state index contributed by atoms with van der Waals surface area (Å²) in [6, 6.07) is 17.3. The van der Waals surface area contributed by atoms with Gasteiger partial charge in [0.05, 0.1) is 18.4 Å². The molecule has 0 spiro atoms. The van der Waals surface area contributed by atoms with Crippen LogP contribution < -0.4 is 10.1 Å². The van der Waals surface area contributed by atoms with Crippen LogP contribution in [0.2, 0.25) is 0 Å². The lowest BCUT2D eigenvalue weighted by Crippen LogP contribution is -2.30. The van der Waals surface area contributed by atoms with Gasteiger partial charge in [-0.25, -0.2) is 4.68 Å². The number of nitrogens with one attached hydrogen (secondary N) is 1. The summed E-state index contributed by atoms with van der Waals surface area (Å²) in [5, 5.41) is 7.59. The van der Waals surface area contributed by atoms with E-state index < -0.39 is 0 Å². The van der Waals surface area contributed by atoms with Crippen LogP contribution in [0.5, 0.6) is 5.75 Å². The standard InChI is InChI=1S/C20H21N3O2/c1-14(2)21-20(24)18-13-23(16-9-5-4-6-10-16)22-19(18)15-8-7-11-17(12-15)25-3/h4-14H,1-3H3,(H,21,24). The molecule has 0 fully saturated rings. The molecule has 0 bridgehead atoms. The third kappa shape index (κ3) is 3.71. The van der Waals surface area contributed by atoms with Gasteiger partial charge in [-0.1, -0.05) is 30.3 Å². The van der Waals surface area contributed by atoms with E-state index in [0.717, 1.165) is 17.0 Å². The summed E-state index contributed by atoms with van der Waals surface area (Å²) >= 11 is 0. The fourth-order valence-electron chi connectivity index (χ4n) is 2.58. The molecule has 0 radical (unpaired) electrons. The fraction of sp³-hybridized carbons (Fsp3) is 0.200. The number of aromatic nitrogens is 2. The average molecular weight is 335 g/mol. The molecule has 1 amide bonds. The molecule has 25 heavy (non-hydrogen) atoms. The molecule has 0 unspecified atom stereocenters. The first-order valence-electron chi connectivity index (χ1n) is 8.19. The number of benzene rings is 2. The van der Waals surface area contributed by atoms with Gasteiger partial charge in [-0.15, -0.1) is 0 Å². The Labute approximate surface area is 147 Å². The quantitative estimate of drug-likeness (QED) is 0.774. The molecule has 0 aliphatic carbocycles. The minimum atomic E-state index is -0.144. The van der Waals surface area contributed by atoms with E-state index in [4.69, 9.17) is 4.74 Å². The normalized spacial score (nSPS) is 10.7. The Kier molecular flexibility index (Phi) is 4.84. The first-order valence-corrected chi connectivity index (χ1v) is 8.19. The van der Waals surface area contributed by atoms with Crippen LogP contribution in [0.3, 0.4) is 0 Å². The summed E-state index contributed by atoms with van der Waals surface area (Å²) in [4.78, 5) is 12.7. The topological polar surface area (TPSA) is 56.2 Å². The number of para-hydroxylation sites is 1. The lowest BCUT2D eigenvalue weighted by Gasteiger charge is -2.08. The van der Waals surface area contributed by atoms with E-state index in [0.29, 0.717) is 11.3 Å². The zero-order valence-corrected chi connectivity index (χ0v) is 14.6. The third-order valence-corrected chi connectivity index (χ3v) is 3.74. The number of amides is 1. The molecule has 0 atom stereocenters. The lowest BCUT2D eigenvalue weighted by molar-refractivity contribution is 0.0943. The number of methoxy groups -OCH3 is 1. The molecule has 1 heterocycles. The van der Waals surface area contributed by atoms with Crippen molar-refractivity contribution in [2.45, 2.75) is 19.9 Å². The Bertz CT molecular complexity index is 870. The number of nitrogens with zero attached hydrogens (tertiary/aromatic N) is 2. The predicted molar refractivity (Wildman–Crippen MR) is 98.2 cm³/mol. The van der Waals surface area contributed by atoms with Crippen LogP contribution in [0.25, 0.3) is 16.9 Å². The van der Waals surface area contributed by atoms with Gasteiger partial charge in [-0.05, 0) is 38.1 Å². The van der Waals surface area contributed by atoms with E-state index in [1.807, 2.05) is 68.4 Å². The molecular formula is C20H21N3O2. The summed E-state index contributed by atoms with van der Waals surface area (Å²) in [7, 11) is 1.62. The Morgan fingerprint density at radius 1 is 1.12 bits per heavy atom. The van der Waals surface area contributed by atoms with Gasteiger partial charge in [0.1, 0.15) is 11.4 Å². The van der Waals surface area contributed by atoms with E-state index >= 15 is 0 Å². The Balaban J connectivity index is 2.11. The van der Waals surface area contributed by atoms with Gasteiger partial charge in [0.25, 0.3) is 5.91 Å². The molecule has 3 rings (SSSR count). The molecule has 2 aromatic carbocycles. The molecule has 0 saturated heterocycles. The summed E-state index contributed by atoms with van der Waals surface area (Å²) in [5.41, 5.74) is 2.89. The molecule has 0 aliphatic heterocycles. The summed E-state index contributed by atoms with van der Waals surface area (Å²) in [6.07, 6.45) is 1.77. The van der Waals surface area contributed by atoms with Crippen molar-refractivity contribution in [3.63, 3.8) is 0 Å². The van der Waals surface area contributed by atoms with Crippen LogP contribution in [0.1, 0.15) is 24.2 Å². The zero-order chi connectivity index (χ0) is 17.8. The van der Waals surface area contributed by atoms with Crippen molar-refractivity contribution in [3.8, 4) is 22.7 Å². The molecule has 0 saturated carbocycles. The van der Waals surface area contributed by atoms with Crippen LogP contribution in [0.4, 0.5) is 0 Å². The first-order chi connectivity index (χ1) is 12.1. The number of rotatable bonds is 5. The van der Waals surface area contributed by atoms with Crippen molar-refractivity contribution >= 4 is 5.91 Å². The molecule has 3 aromatic rings. The number of hydrogen-bond acceptors (Lipinski definition) is 3. The van der Waals surface area contributed by atoms with E-state index in [2.05, 4.69) is 10.4 Å². The summed E-state index contributed by atoms with van der Waals surface area (Å²) in [6.45, 7) is 3.87. The highest BCUT2D eigenvalue weighted by Crippen LogP contribution is 2.27. The Morgan fingerprint density at radius 2 is 1.88 bits per heavy atom. The fourth-order valence-corrected chi connectivity index (χ4v) is 2.58. The summed E-state index contributed by atoms with van der Waals surface area (Å²) in [5.74, 6) is 0.581. The van der Waals surface area contributed by atoms with Gasteiger partial charge < -0.3 is 10.1 Å². The first kappa shape index (κ1) is 16.8. The molecule has 5 heteroatoms. The molecule has 1 N–H and O–H groups in total. The number of carbonyl (C=O) groups is 1. The third-order valence-electron chi connectivity index (χ3n) is 3.74. The van der Waals surface area contributed by atoms with Gasteiger partial charge in [0.15, 0.2) is 0 Å². The predicted octanol–water partition coefficient (Wildman–Crippen LogP) is 3.69. The van der Waals surface area contributed by atoms with Gasteiger partial charge in [0.2, 0.25) is 0 Å². The smallest absolute Gasteiger partial charge is 0.255 e. The van der Waals surface area contributed by atoms with Crippen LogP contribution in [-0.2, 0) is 0 Å². The highest BCUT2D eigenvalue weighted by atomic mass is 16.5. The average Bonchev–Trinajstić information content (AvgIpc) is 3.07. The molecular weight excluding hydrogens is 314 g/mol. The van der Waals surface area contributed by atoms with Gasteiger partial charge in [0, 0.05) is 17.8 Å². The highest BCUT2D eigenvalue weighted by molar-refractivity contribution is 6.00. The summed E-state index contributed by atoms with van der Waals surface area (Å²) < 4.78 is 7.02. The Morgan fingerprint density at radius 3 is 2.56 bits per heavy atom. The van der Waals surface area contributed by atoms with E-state index in [1.54, 1.807) is 18.0 Å². The SMILES string of the molecule is COc1cccc(-c2nn(-c3ccccc3)cc2C(=O)NC(C)C)c1. The second kappa shape index (κ2) is 7.21. The second-order valence-corrected chi connectivity index (χ2v) is 6.03. The van der Waals surface area contributed by atoms with E-state index in [-0.39, 0.29) is 11.9 Å². The largest absolute Gasteiger partial charge is 0.497 e. The van der Waals surface area contributed by atoms with Crippen LogP contribution in [0.15, 0.2) is 60.8 Å². The van der Waals surface area contributed by atoms with Crippen molar-refractivity contribution in [2.24, 2.45) is 0 Å². The number of ether oxygens (including phenoxy) is 1. The maximum absolute atomic E-state index is 12.7. The zero-order valence-electron chi connectivity index (χ0n) is 14.6. The Hall–Kier alpha value is -3.08. The van der Waals surface area contributed by atoms with Crippen molar-refractivity contribution in [3.05, 3.63) is 66.4 Å². The lowest BCUT2D eigenvalue weighted by atomic mass is 10.1. The monoisotopic (exact) mass is 335 g/mol. The minimum Gasteiger partial charge on any atom is -0.497 e. The van der Waals surface area contributed by atoms with Crippen molar-refractivity contribution < 1.29 is 9.53 Å². The molecule has 128 valence electrons. The number of carbonyl (C=O) groups excluding carboxylic acids is 1. The van der Waals surface area contributed by atoms with Crippen LogP contribution in [0, 0.1) is 0 Å². The van der Waals surface area contributed by atoms with Crippen molar-refractivity contribution in [1.82, 2.24) is 15.1 Å². The highest BCUT2D eigenvalue weighted by Gasteiger charge is 2.19. The van der Waals surface area contributed by atoms with Crippen LogP contribution >= 0.6 is 0 Å². The van der Waals surface area contributed by atoms with Gasteiger partial charge >= 0.3 is 0 Å². The minimum absolute atomic E-state index is 0.0470. The number of hydrogen-bond donors (Lipinski definition) is 1. The van der Waals surface area contributed by atoms with Crippen LogP contribution in [-0.4, -0.2) is 28.8 Å². The maximum Gasteiger partial charge on any atom is 0.255 e. The van der Waals surface area contributed by atoms with Crippen molar-refractivity contribution in [2.75, 3.05) is 7.11 Å². The second-order valence-electron chi connectivity index (χ2n) is 6.03. The van der Waals surface area contributed by atoms with Gasteiger partial charge in [-0.3, -0.25) is 4.79 Å². The maximum atomic E-state index is 12.7. The van der Waals surface area contributed by atoms with E-state index in [9.17, 15) is 4.79 Å². The molecule has 5 nitrogen and oxygen atoms in total.